The van der Waals surface area contributed by atoms with Crippen molar-refractivity contribution in [3.8, 4) is 0 Å². The number of halogens is 3. The highest BCUT2D eigenvalue weighted by molar-refractivity contribution is 5.28. The van der Waals surface area contributed by atoms with Crippen molar-refractivity contribution in [3.05, 3.63) is 35.4 Å². The molecule has 2 N–H and O–H groups in total. The number of rotatable bonds is 2. The normalized spacial score (nSPS) is 31.7. The average Bonchev–Trinajstić information content (AvgIpc) is 2.99. The van der Waals surface area contributed by atoms with Gasteiger partial charge < -0.3 is 5.73 Å². The lowest BCUT2D eigenvalue weighted by Crippen LogP contribution is -2.26. The van der Waals surface area contributed by atoms with E-state index >= 15 is 0 Å². The molecule has 0 saturated heterocycles. The minimum absolute atomic E-state index is 0.252. The quantitative estimate of drug-likeness (QED) is 0.858. The van der Waals surface area contributed by atoms with Gasteiger partial charge in [-0.15, -0.1) is 0 Å². The Morgan fingerprint density at radius 3 is 2.53 bits per heavy atom. The summed E-state index contributed by atoms with van der Waals surface area (Å²) in [6.45, 7) is 0. The lowest BCUT2D eigenvalue weighted by atomic mass is 9.81. The van der Waals surface area contributed by atoms with E-state index in [1.807, 2.05) is 0 Å². The molecule has 4 unspecified atom stereocenters. The first-order valence-electron chi connectivity index (χ1n) is 6.88. The molecular weight excluding hydrogens is 251 g/mol. The van der Waals surface area contributed by atoms with E-state index in [4.69, 9.17) is 5.73 Å². The van der Waals surface area contributed by atoms with Gasteiger partial charge in [-0.25, -0.2) is 0 Å². The largest absolute Gasteiger partial charge is 0.416 e. The molecule has 4 atom stereocenters. The van der Waals surface area contributed by atoms with Crippen molar-refractivity contribution in [1.82, 2.24) is 0 Å². The topological polar surface area (TPSA) is 26.0 Å². The van der Waals surface area contributed by atoms with Crippen molar-refractivity contribution in [2.75, 3.05) is 0 Å². The molecule has 0 heterocycles. The van der Waals surface area contributed by atoms with E-state index in [9.17, 15) is 13.2 Å². The van der Waals surface area contributed by atoms with Crippen molar-refractivity contribution in [2.24, 2.45) is 23.5 Å². The van der Waals surface area contributed by atoms with Crippen LogP contribution >= 0.6 is 0 Å². The maximum absolute atomic E-state index is 12.7. The van der Waals surface area contributed by atoms with E-state index in [1.54, 1.807) is 6.07 Å². The van der Waals surface area contributed by atoms with Crippen LogP contribution in [0.3, 0.4) is 0 Å². The third kappa shape index (κ3) is 2.38. The molecule has 0 amide bonds. The second-order valence-electron chi connectivity index (χ2n) is 5.99. The van der Waals surface area contributed by atoms with Crippen molar-refractivity contribution >= 4 is 0 Å². The molecule has 2 saturated carbocycles. The highest BCUT2D eigenvalue weighted by Crippen LogP contribution is 2.52. The highest BCUT2D eigenvalue weighted by atomic mass is 19.4. The van der Waals surface area contributed by atoms with Crippen molar-refractivity contribution in [2.45, 2.75) is 37.9 Å². The van der Waals surface area contributed by atoms with Gasteiger partial charge in [-0.3, -0.25) is 0 Å². The molecule has 2 bridgehead atoms. The number of nitrogens with two attached hydrogens (primary N) is 1. The molecule has 19 heavy (non-hydrogen) atoms. The second-order valence-corrected chi connectivity index (χ2v) is 5.99. The van der Waals surface area contributed by atoms with Crippen molar-refractivity contribution < 1.29 is 13.2 Å². The van der Waals surface area contributed by atoms with Gasteiger partial charge in [-0.05, 0) is 54.7 Å². The lowest BCUT2D eigenvalue weighted by molar-refractivity contribution is -0.137. The van der Waals surface area contributed by atoms with Gasteiger partial charge in [0.25, 0.3) is 0 Å². The Bertz CT molecular complexity index is 469. The summed E-state index contributed by atoms with van der Waals surface area (Å²) in [4.78, 5) is 0. The van der Waals surface area contributed by atoms with Gasteiger partial charge in [0.2, 0.25) is 0 Å². The smallest absolute Gasteiger partial charge is 0.324 e. The Morgan fingerprint density at radius 2 is 1.95 bits per heavy atom. The molecule has 1 aromatic rings. The summed E-state index contributed by atoms with van der Waals surface area (Å²) < 4.78 is 38.2. The Kier molecular flexibility index (Phi) is 3.08. The molecular formula is C15H18F3N. The summed E-state index contributed by atoms with van der Waals surface area (Å²) in [6.07, 6.45) is 0.488. The SMILES string of the molecule is NC(c1cccc(C(F)(F)F)c1)C1CC2CCC1C2. The van der Waals surface area contributed by atoms with Crippen LogP contribution in [-0.2, 0) is 6.18 Å². The Morgan fingerprint density at radius 1 is 1.16 bits per heavy atom. The Hall–Kier alpha value is -1.03. The van der Waals surface area contributed by atoms with Gasteiger partial charge in [-0.1, -0.05) is 18.6 Å². The molecule has 1 nitrogen and oxygen atoms in total. The Labute approximate surface area is 111 Å². The third-order valence-corrected chi connectivity index (χ3v) is 4.85. The van der Waals surface area contributed by atoms with Crippen LogP contribution in [0.4, 0.5) is 13.2 Å². The van der Waals surface area contributed by atoms with E-state index in [0.717, 1.165) is 18.4 Å². The van der Waals surface area contributed by atoms with Gasteiger partial charge in [-0.2, -0.15) is 13.2 Å². The minimum Gasteiger partial charge on any atom is -0.324 e. The zero-order chi connectivity index (χ0) is 13.6. The molecule has 0 aliphatic heterocycles. The first-order chi connectivity index (χ1) is 8.95. The van der Waals surface area contributed by atoms with Gasteiger partial charge >= 0.3 is 6.18 Å². The van der Waals surface area contributed by atoms with E-state index < -0.39 is 11.7 Å². The molecule has 3 rings (SSSR count). The summed E-state index contributed by atoms with van der Waals surface area (Å²) in [5.74, 6) is 1.74. The minimum atomic E-state index is -4.29. The summed E-state index contributed by atoms with van der Waals surface area (Å²) in [6, 6.07) is 5.27. The van der Waals surface area contributed by atoms with Gasteiger partial charge in [0.15, 0.2) is 0 Å². The number of alkyl halides is 3. The first-order valence-corrected chi connectivity index (χ1v) is 6.88. The predicted molar refractivity (Wildman–Crippen MR) is 67.3 cm³/mol. The summed E-state index contributed by atoms with van der Waals surface area (Å²) >= 11 is 0. The number of hydrogen-bond donors (Lipinski definition) is 1. The molecule has 0 aromatic heterocycles. The molecule has 104 valence electrons. The number of hydrogen-bond acceptors (Lipinski definition) is 1. The molecule has 0 spiro atoms. The van der Waals surface area contributed by atoms with Crippen LogP contribution in [0.5, 0.6) is 0 Å². The molecule has 4 heteroatoms. The van der Waals surface area contributed by atoms with E-state index in [1.165, 1.54) is 31.4 Å². The van der Waals surface area contributed by atoms with E-state index in [0.29, 0.717) is 17.4 Å². The fourth-order valence-corrected chi connectivity index (χ4v) is 3.90. The summed E-state index contributed by atoms with van der Waals surface area (Å²) in [5.41, 5.74) is 6.27. The van der Waals surface area contributed by atoms with Gasteiger partial charge in [0.1, 0.15) is 0 Å². The predicted octanol–water partition coefficient (Wildman–Crippen LogP) is 4.14. The zero-order valence-electron chi connectivity index (χ0n) is 10.7. The fraction of sp³-hybridized carbons (Fsp3) is 0.600. The molecule has 0 radical (unpaired) electrons. The standard InChI is InChI=1S/C15H18F3N/c16-15(17,18)12-3-1-2-11(8-12)14(19)13-7-9-4-5-10(13)6-9/h1-3,8-10,13-14H,4-7,19H2. The van der Waals surface area contributed by atoms with Crippen LogP contribution in [-0.4, -0.2) is 0 Å². The van der Waals surface area contributed by atoms with Crippen molar-refractivity contribution in [3.63, 3.8) is 0 Å². The average molecular weight is 269 g/mol. The van der Waals surface area contributed by atoms with E-state index in [-0.39, 0.29) is 6.04 Å². The van der Waals surface area contributed by atoms with Crippen molar-refractivity contribution in [1.29, 1.82) is 0 Å². The first kappa shape index (κ1) is 13.0. The lowest BCUT2D eigenvalue weighted by Gasteiger charge is -2.28. The Balaban J connectivity index is 1.82. The van der Waals surface area contributed by atoms with Crippen LogP contribution in [0, 0.1) is 17.8 Å². The van der Waals surface area contributed by atoms with E-state index in [2.05, 4.69) is 0 Å². The second kappa shape index (κ2) is 4.51. The van der Waals surface area contributed by atoms with Crippen LogP contribution in [0.1, 0.15) is 42.9 Å². The van der Waals surface area contributed by atoms with Gasteiger partial charge in [0.05, 0.1) is 5.56 Å². The monoisotopic (exact) mass is 269 g/mol. The fourth-order valence-electron chi connectivity index (χ4n) is 3.90. The number of fused-ring (bicyclic) bond motifs is 2. The molecule has 2 aliphatic rings. The van der Waals surface area contributed by atoms with Crippen LogP contribution in [0.15, 0.2) is 24.3 Å². The maximum atomic E-state index is 12.7. The highest BCUT2D eigenvalue weighted by Gasteiger charge is 2.42. The zero-order valence-corrected chi connectivity index (χ0v) is 10.7. The third-order valence-electron chi connectivity index (χ3n) is 4.85. The summed E-state index contributed by atoms with van der Waals surface area (Å²) in [7, 11) is 0. The van der Waals surface area contributed by atoms with Crippen LogP contribution in [0.2, 0.25) is 0 Å². The van der Waals surface area contributed by atoms with Gasteiger partial charge in [0, 0.05) is 6.04 Å². The summed E-state index contributed by atoms with van der Waals surface area (Å²) in [5, 5.41) is 0. The maximum Gasteiger partial charge on any atom is 0.416 e. The van der Waals surface area contributed by atoms with Crippen LogP contribution in [0.25, 0.3) is 0 Å². The molecule has 1 aromatic carbocycles. The van der Waals surface area contributed by atoms with Crippen LogP contribution < -0.4 is 5.73 Å². The molecule has 2 fully saturated rings. The number of benzene rings is 1. The molecule has 2 aliphatic carbocycles.